The van der Waals surface area contributed by atoms with Crippen molar-refractivity contribution in [3.05, 3.63) is 65.9 Å². The highest BCUT2D eigenvalue weighted by Gasteiger charge is 2.56. The topological polar surface area (TPSA) is 65.2 Å². The second kappa shape index (κ2) is 7.56. The number of fused-ring (bicyclic) bond motifs is 2. The van der Waals surface area contributed by atoms with Crippen LogP contribution in [-0.4, -0.2) is 33.3 Å². The number of aromatic nitrogens is 1. The molecule has 2 amide bonds. The van der Waals surface area contributed by atoms with E-state index in [-0.39, 0.29) is 23.8 Å². The molecule has 1 aliphatic heterocycles. The molecule has 2 aliphatic rings. The SMILES string of the molecule is CC[C@H](C)N1C(=O)c2ccccc2[C@@H](C(=O)Nc2ccc3cc[nH]c3c2)C12CCCC2. The average Bonchev–Trinajstić information content (AvgIpc) is 3.43. The van der Waals surface area contributed by atoms with Crippen LogP contribution in [0, 0.1) is 0 Å². The molecule has 5 rings (SSSR count). The predicted octanol–water partition coefficient (Wildman–Crippen LogP) is 5.46. The summed E-state index contributed by atoms with van der Waals surface area (Å²) in [6.45, 7) is 4.22. The standard InChI is InChI=1S/C26H29N3O2/c1-3-17(2)29-25(31)21-9-5-4-8-20(21)23(26(29)13-6-7-14-26)24(30)28-19-11-10-18-12-15-27-22(18)16-19/h4-5,8-12,15-17,23,27H,3,6-7,13-14H2,1-2H3,(H,28,30)/t17-,23-/m0/s1. The number of hydrogen-bond donors (Lipinski definition) is 2. The van der Waals surface area contributed by atoms with Crippen molar-refractivity contribution < 1.29 is 9.59 Å². The van der Waals surface area contributed by atoms with E-state index in [1.54, 1.807) is 0 Å². The fourth-order valence-corrected chi connectivity index (χ4v) is 5.77. The monoisotopic (exact) mass is 415 g/mol. The van der Waals surface area contributed by atoms with Gasteiger partial charge < -0.3 is 15.2 Å². The number of benzene rings is 2. The number of amides is 2. The van der Waals surface area contributed by atoms with Gasteiger partial charge in [0.25, 0.3) is 5.91 Å². The molecule has 2 N–H and O–H groups in total. The van der Waals surface area contributed by atoms with Crippen molar-refractivity contribution in [2.75, 3.05) is 5.32 Å². The van der Waals surface area contributed by atoms with Crippen molar-refractivity contribution in [3.8, 4) is 0 Å². The first-order valence-corrected chi connectivity index (χ1v) is 11.4. The molecule has 5 heteroatoms. The molecule has 1 spiro atoms. The molecule has 0 radical (unpaired) electrons. The molecule has 0 unspecified atom stereocenters. The Morgan fingerprint density at radius 1 is 1.19 bits per heavy atom. The van der Waals surface area contributed by atoms with Crippen molar-refractivity contribution in [1.29, 1.82) is 0 Å². The molecule has 1 aliphatic carbocycles. The van der Waals surface area contributed by atoms with E-state index >= 15 is 0 Å². The van der Waals surface area contributed by atoms with Crippen molar-refractivity contribution in [1.82, 2.24) is 9.88 Å². The number of nitrogens with one attached hydrogen (secondary N) is 2. The van der Waals surface area contributed by atoms with Crippen molar-refractivity contribution in [2.45, 2.75) is 63.5 Å². The van der Waals surface area contributed by atoms with E-state index in [1.807, 2.05) is 54.7 Å². The number of carbonyl (C=O) groups excluding carboxylic acids is 2. The lowest BCUT2D eigenvalue weighted by Gasteiger charge is -2.52. The van der Waals surface area contributed by atoms with E-state index in [2.05, 4.69) is 29.0 Å². The van der Waals surface area contributed by atoms with E-state index in [1.165, 1.54) is 0 Å². The number of rotatable bonds is 4. The third kappa shape index (κ3) is 3.06. The van der Waals surface area contributed by atoms with E-state index in [9.17, 15) is 9.59 Å². The Bertz CT molecular complexity index is 1140. The maximum absolute atomic E-state index is 13.9. The van der Waals surface area contributed by atoms with Crippen LogP contribution in [0.4, 0.5) is 5.69 Å². The van der Waals surface area contributed by atoms with E-state index in [4.69, 9.17) is 0 Å². The lowest BCUT2D eigenvalue weighted by Crippen LogP contribution is -2.62. The zero-order valence-electron chi connectivity index (χ0n) is 18.2. The highest BCUT2D eigenvalue weighted by molar-refractivity contribution is 6.05. The molecule has 1 aromatic heterocycles. The first-order chi connectivity index (χ1) is 15.0. The van der Waals surface area contributed by atoms with Gasteiger partial charge in [-0.1, -0.05) is 44.0 Å². The third-order valence-electron chi connectivity index (χ3n) is 7.32. The Labute approximate surface area is 182 Å². The summed E-state index contributed by atoms with van der Waals surface area (Å²) in [7, 11) is 0. The van der Waals surface area contributed by atoms with Crippen LogP contribution in [0.1, 0.15) is 67.8 Å². The lowest BCUT2D eigenvalue weighted by atomic mass is 9.70. The summed E-state index contributed by atoms with van der Waals surface area (Å²) in [5.41, 5.74) is 2.85. The van der Waals surface area contributed by atoms with Gasteiger partial charge in [0.1, 0.15) is 0 Å². The smallest absolute Gasteiger partial charge is 0.254 e. The van der Waals surface area contributed by atoms with Gasteiger partial charge in [0.05, 0.1) is 11.5 Å². The summed E-state index contributed by atoms with van der Waals surface area (Å²) in [6.07, 6.45) is 6.59. The van der Waals surface area contributed by atoms with Gasteiger partial charge in [0.15, 0.2) is 0 Å². The van der Waals surface area contributed by atoms with Crippen molar-refractivity contribution >= 4 is 28.4 Å². The highest BCUT2D eigenvalue weighted by atomic mass is 16.2. The van der Waals surface area contributed by atoms with Gasteiger partial charge in [-0.3, -0.25) is 9.59 Å². The Morgan fingerprint density at radius 3 is 2.74 bits per heavy atom. The Balaban J connectivity index is 1.60. The quantitative estimate of drug-likeness (QED) is 0.594. The zero-order valence-corrected chi connectivity index (χ0v) is 18.2. The Kier molecular flexibility index (Phi) is 4.84. The minimum atomic E-state index is -0.457. The number of nitrogens with zero attached hydrogens (tertiary/aromatic N) is 1. The summed E-state index contributed by atoms with van der Waals surface area (Å²) >= 11 is 0. The van der Waals surface area contributed by atoms with Gasteiger partial charge in [-0.15, -0.1) is 0 Å². The Morgan fingerprint density at radius 2 is 1.97 bits per heavy atom. The summed E-state index contributed by atoms with van der Waals surface area (Å²) in [6, 6.07) is 15.7. The largest absolute Gasteiger partial charge is 0.361 e. The molecule has 1 fully saturated rings. The van der Waals surface area contributed by atoms with Crippen LogP contribution >= 0.6 is 0 Å². The van der Waals surface area contributed by atoms with Crippen molar-refractivity contribution in [2.24, 2.45) is 0 Å². The molecule has 3 aromatic rings. The van der Waals surface area contributed by atoms with E-state index < -0.39 is 5.54 Å². The van der Waals surface area contributed by atoms with Crippen LogP contribution in [0.3, 0.4) is 0 Å². The predicted molar refractivity (Wildman–Crippen MR) is 123 cm³/mol. The number of aromatic amines is 1. The van der Waals surface area contributed by atoms with Gasteiger partial charge in [-0.05, 0) is 61.4 Å². The Hall–Kier alpha value is -3.08. The highest BCUT2D eigenvalue weighted by Crippen LogP contribution is 2.51. The summed E-state index contributed by atoms with van der Waals surface area (Å²) in [5.74, 6) is -0.331. The molecule has 31 heavy (non-hydrogen) atoms. The summed E-state index contributed by atoms with van der Waals surface area (Å²) < 4.78 is 0. The zero-order chi connectivity index (χ0) is 21.6. The second-order valence-electron chi connectivity index (χ2n) is 9.03. The molecule has 2 aromatic carbocycles. The molecule has 2 atom stereocenters. The number of hydrogen-bond acceptors (Lipinski definition) is 2. The molecule has 160 valence electrons. The van der Waals surface area contributed by atoms with Gasteiger partial charge >= 0.3 is 0 Å². The van der Waals surface area contributed by atoms with Gasteiger partial charge in [0.2, 0.25) is 5.91 Å². The first-order valence-electron chi connectivity index (χ1n) is 11.4. The normalized spacial score (nSPS) is 20.8. The summed E-state index contributed by atoms with van der Waals surface area (Å²) in [4.78, 5) is 32.7. The molecule has 5 nitrogen and oxygen atoms in total. The minimum absolute atomic E-state index is 0.0268. The maximum Gasteiger partial charge on any atom is 0.254 e. The fraction of sp³-hybridized carbons (Fsp3) is 0.385. The molecule has 0 saturated heterocycles. The number of H-pyrrole nitrogens is 1. The van der Waals surface area contributed by atoms with Gasteiger partial charge in [-0.25, -0.2) is 0 Å². The van der Waals surface area contributed by atoms with Crippen LogP contribution in [0.5, 0.6) is 0 Å². The van der Waals surface area contributed by atoms with Crippen LogP contribution < -0.4 is 5.32 Å². The van der Waals surface area contributed by atoms with Crippen LogP contribution in [0.15, 0.2) is 54.7 Å². The fourth-order valence-electron chi connectivity index (χ4n) is 5.77. The van der Waals surface area contributed by atoms with E-state index in [0.29, 0.717) is 5.56 Å². The average molecular weight is 416 g/mol. The van der Waals surface area contributed by atoms with Crippen LogP contribution in [0.2, 0.25) is 0 Å². The molecule has 0 bridgehead atoms. The number of anilines is 1. The third-order valence-corrected chi connectivity index (χ3v) is 7.32. The summed E-state index contributed by atoms with van der Waals surface area (Å²) in [5, 5.41) is 4.29. The maximum atomic E-state index is 13.9. The molecular weight excluding hydrogens is 386 g/mol. The second-order valence-corrected chi connectivity index (χ2v) is 9.03. The van der Waals surface area contributed by atoms with Gasteiger partial charge in [0, 0.05) is 29.0 Å². The van der Waals surface area contributed by atoms with Gasteiger partial charge in [-0.2, -0.15) is 0 Å². The minimum Gasteiger partial charge on any atom is -0.361 e. The molecule has 2 heterocycles. The number of carbonyl (C=O) groups is 2. The molecule has 1 saturated carbocycles. The first kappa shape index (κ1) is 19.9. The van der Waals surface area contributed by atoms with Crippen LogP contribution in [0.25, 0.3) is 10.9 Å². The van der Waals surface area contributed by atoms with E-state index in [0.717, 1.165) is 54.3 Å². The molecular formula is C26H29N3O2. The van der Waals surface area contributed by atoms with Crippen LogP contribution in [-0.2, 0) is 4.79 Å². The lowest BCUT2D eigenvalue weighted by molar-refractivity contribution is -0.121. The van der Waals surface area contributed by atoms with Crippen molar-refractivity contribution in [3.63, 3.8) is 0 Å².